The Morgan fingerprint density at radius 2 is 2.22 bits per heavy atom. The van der Waals surface area contributed by atoms with Gasteiger partial charge in [-0.1, -0.05) is 30.3 Å². The summed E-state index contributed by atoms with van der Waals surface area (Å²) in [7, 11) is 1.94. The Kier molecular flexibility index (Phi) is 5.05. The van der Waals surface area contributed by atoms with Gasteiger partial charge in [0.25, 0.3) is 0 Å². The van der Waals surface area contributed by atoms with Gasteiger partial charge in [0.2, 0.25) is 5.91 Å². The molecule has 1 fully saturated rings. The number of amides is 1. The van der Waals surface area contributed by atoms with Gasteiger partial charge >= 0.3 is 0 Å². The maximum atomic E-state index is 12.2. The van der Waals surface area contributed by atoms with Crippen molar-refractivity contribution in [3.63, 3.8) is 0 Å². The monoisotopic (exact) mass is 330 g/mol. The SMILES string of the molecule is CN1C[C@@H](N)C[C@H]1C(=O)NCc1csc(Cc2ccccc2)n1. The lowest BCUT2D eigenvalue weighted by Crippen LogP contribution is -2.41. The minimum Gasteiger partial charge on any atom is -0.349 e. The molecule has 0 aliphatic carbocycles. The topological polar surface area (TPSA) is 71.2 Å². The van der Waals surface area contributed by atoms with Gasteiger partial charge < -0.3 is 11.1 Å². The largest absolute Gasteiger partial charge is 0.349 e. The van der Waals surface area contributed by atoms with Gasteiger partial charge in [0, 0.05) is 24.4 Å². The number of carbonyl (C=O) groups is 1. The average molecular weight is 330 g/mol. The van der Waals surface area contributed by atoms with Gasteiger partial charge in [-0.15, -0.1) is 11.3 Å². The summed E-state index contributed by atoms with van der Waals surface area (Å²) >= 11 is 1.64. The highest BCUT2D eigenvalue weighted by Crippen LogP contribution is 2.16. The minimum absolute atomic E-state index is 0.0399. The van der Waals surface area contributed by atoms with E-state index in [1.165, 1.54) is 5.56 Å². The first kappa shape index (κ1) is 16.1. The van der Waals surface area contributed by atoms with Crippen LogP contribution in [0.25, 0.3) is 0 Å². The Hall–Kier alpha value is -1.76. The first-order valence-corrected chi connectivity index (χ1v) is 8.70. The highest BCUT2D eigenvalue weighted by molar-refractivity contribution is 7.09. The molecule has 2 atom stereocenters. The number of nitrogens with zero attached hydrogens (tertiary/aromatic N) is 2. The third-order valence-corrected chi connectivity index (χ3v) is 5.02. The van der Waals surface area contributed by atoms with Crippen molar-refractivity contribution < 1.29 is 4.79 Å². The molecule has 0 unspecified atom stereocenters. The fourth-order valence-electron chi connectivity index (χ4n) is 2.92. The Labute approximate surface area is 140 Å². The molecule has 1 amide bonds. The maximum absolute atomic E-state index is 12.2. The second-order valence-corrected chi connectivity index (χ2v) is 7.01. The predicted molar refractivity (Wildman–Crippen MR) is 92.2 cm³/mol. The standard InChI is InChI=1S/C17H22N4OS/c1-21-10-13(18)8-15(21)17(22)19-9-14-11-23-16(20-14)7-12-5-3-2-4-6-12/h2-6,11,13,15H,7-10,18H2,1H3,(H,19,22)/t13-,15-/m0/s1. The number of rotatable bonds is 5. The van der Waals surface area contributed by atoms with Crippen LogP contribution in [0.1, 0.15) is 22.7 Å². The van der Waals surface area contributed by atoms with E-state index in [0.29, 0.717) is 6.54 Å². The second-order valence-electron chi connectivity index (χ2n) is 6.06. The van der Waals surface area contributed by atoms with Crippen molar-refractivity contribution in [2.45, 2.75) is 31.5 Å². The summed E-state index contributed by atoms with van der Waals surface area (Å²) < 4.78 is 0. The van der Waals surface area contributed by atoms with E-state index in [1.807, 2.05) is 35.5 Å². The van der Waals surface area contributed by atoms with Crippen LogP contribution in [0.5, 0.6) is 0 Å². The van der Waals surface area contributed by atoms with Gasteiger partial charge in [-0.2, -0.15) is 0 Å². The van der Waals surface area contributed by atoms with Crippen LogP contribution in [0.2, 0.25) is 0 Å². The van der Waals surface area contributed by atoms with Gasteiger partial charge in [-0.3, -0.25) is 9.69 Å². The Bertz CT molecular complexity index is 658. The van der Waals surface area contributed by atoms with E-state index in [2.05, 4.69) is 22.4 Å². The van der Waals surface area contributed by atoms with Crippen LogP contribution in [-0.4, -0.2) is 41.5 Å². The van der Waals surface area contributed by atoms with E-state index in [-0.39, 0.29) is 18.0 Å². The Morgan fingerprint density at radius 3 is 2.91 bits per heavy atom. The molecule has 2 heterocycles. The average Bonchev–Trinajstić information content (AvgIpc) is 3.12. The van der Waals surface area contributed by atoms with Crippen LogP contribution in [0.15, 0.2) is 35.7 Å². The van der Waals surface area contributed by atoms with Crippen molar-refractivity contribution in [3.05, 3.63) is 52.0 Å². The number of benzene rings is 1. The van der Waals surface area contributed by atoms with Crippen molar-refractivity contribution in [2.24, 2.45) is 5.73 Å². The van der Waals surface area contributed by atoms with Crippen molar-refractivity contribution >= 4 is 17.2 Å². The van der Waals surface area contributed by atoms with E-state index in [1.54, 1.807) is 11.3 Å². The number of thiazole rings is 1. The molecule has 23 heavy (non-hydrogen) atoms. The fraction of sp³-hybridized carbons (Fsp3) is 0.412. The van der Waals surface area contributed by atoms with Crippen LogP contribution in [0.3, 0.4) is 0 Å². The highest BCUT2D eigenvalue weighted by Gasteiger charge is 2.32. The lowest BCUT2D eigenvalue weighted by Gasteiger charge is -2.17. The number of nitrogens with one attached hydrogen (secondary N) is 1. The molecule has 1 aliphatic heterocycles. The van der Waals surface area contributed by atoms with Crippen LogP contribution in [0.4, 0.5) is 0 Å². The molecule has 1 aromatic carbocycles. The van der Waals surface area contributed by atoms with E-state index < -0.39 is 0 Å². The molecule has 5 nitrogen and oxygen atoms in total. The van der Waals surface area contributed by atoms with Gasteiger partial charge in [0.1, 0.15) is 0 Å². The molecule has 0 bridgehead atoms. The zero-order valence-corrected chi connectivity index (χ0v) is 14.1. The number of nitrogens with two attached hydrogens (primary N) is 1. The first-order valence-electron chi connectivity index (χ1n) is 7.82. The summed E-state index contributed by atoms with van der Waals surface area (Å²) in [4.78, 5) is 18.9. The molecule has 1 saturated heterocycles. The van der Waals surface area contributed by atoms with Gasteiger partial charge in [0.05, 0.1) is 23.3 Å². The lowest BCUT2D eigenvalue weighted by molar-refractivity contribution is -0.125. The third kappa shape index (κ3) is 4.16. The Balaban J connectivity index is 1.52. The molecule has 1 aliphatic rings. The van der Waals surface area contributed by atoms with E-state index in [0.717, 1.165) is 30.1 Å². The van der Waals surface area contributed by atoms with Gasteiger partial charge in [-0.25, -0.2) is 4.98 Å². The molecular weight excluding hydrogens is 308 g/mol. The molecule has 6 heteroatoms. The molecule has 0 saturated carbocycles. The normalized spacial score (nSPS) is 21.5. The smallest absolute Gasteiger partial charge is 0.237 e. The number of hydrogen-bond donors (Lipinski definition) is 2. The quantitative estimate of drug-likeness (QED) is 0.869. The van der Waals surface area contributed by atoms with E-state index in [9.17, 15) is 4.79 Å². The molecule has 3 rings (SSSR count). The van der Waals surface area contributed by atoms with Crippen molar-refractivity contribution in [1.29, 1.82) is 0 Å². The molecule has 1 aromatic heterocycles. The van der Waals surface area contributed by atoms with Crippen LogP contribution >= 0.6 is 11.3 Å². The third-order valence-electron chi connectivity index (χ3n) is 4.12. The molecule has 122 valence electrons. The number of aromatic nitrogens is 1. The highest BCUT2D eigenvalue weighted by atomic mass is 32.1. The zero-order valence-electron chi connectivity index (χ0n) is 13.2. The molecular formula is C17H22N4OS. The number of carbonyl (C=O) groups excluding carboxylic acids is 1. The second kappa shape index (κ2) is 7.21. The van der Waals surface area contributed by atoms with Gasteiger partial charge in [-0.05, 0) is 19.0 Å². The van der Waals surface area contributed by atoms with Crippen molar-refractivity contribution in [1.82, 2.24) is 15.2 Å². The fourth-order valence-corrected chi connectivity index (χ4v) is 3.75. The van der Waals surface area contributed by atoms with Crippen LogP contribution in [0, 0.1) is 0 Å². The number of likely N-dealkylation sites (tertiary alicyclic amines) is 1. The van der Waals surface area contributed by atoms with Crippen LogP contribution < -0.4 is 11.1 Å². The first-order chi connectivity index (χ1) is 11.1. The summed E-state index contributed by atoms with van der Waals surface area (Å²) in [5.41, 5.74) is 8.07. The van der Waals surface area contributed by atoms with E-state index in [4.69, 9.17) is 5.73 Å². The molecule has 3 N–H and O–H groups in total. The lowest BCUT2D eigenvalue weighted by atomic mass is 10.1. The maximum Gasteiger partial charge on any atom is 0.237 e. The summed E-state index contributed by atoms with van der Waals surface area (Å²) in [6.45, 7) is 1.25. The molecule has 0 radical (unpaired) electrons. The van der Waals surface area contributed by atoms with Crippen LogP contribution in [-0.2, 0) is 17.8 Å². The van der Waals surface area contributed by atoms with Gasteiger partial charge in [0.15, 0.2) is 0 Å². The number of likely N-dealkylation sites (N-methyl/N-ethyl adjacent to an activating group) is 1. The zero-order chi connectivity index (χ0) is 16.2. The van der Waals surface area contributed by atoms with E-state index >= 15 is 0 Å². The number of hydrogen-bond acceptors (Lipinski definition) is 5. The predicted octanol–water partition coefficient (Wildman–Crippen LogP) is 1.38. The van der Waals surface area contributed by atoms with Crippen molar-refractivity contribution in [3.8, 4) is 0 Å². The summed E-state index contributed by atoms with van der Waals surface area (Å²) in [6, 6.07) is 10.3. The summed E-state index contributed by atoms with van der Waals surface area (Å²) in [5.74, 6) is 0.0399. The molecule has 0 spiro atoms. The summed E-state index contributed by atoms with van der Waals surface area (Å²) in [6.07, 6.45) is 1.55. The molecule has 2 aromatic rings. The summed E-state index contributed by atoms with van der Waals surface area (Å²) in [5, 5.41) is 6.06. The minimum atomic E-state index is -0.118. The Morgan fingerprint density at radius 1 is 1.43 bits per heavy atom. The van der Waals surface area contributed by atoms with Crippen molar-refractivity contribution in [2.75, 3.05) is 13.6 Å².